The Bertz CT molecular complexity index is 960. The third kappa shape index (κ3) is 10.6. The maximum atomic E-state index is 12.6. The van der Waals surface area contributed by atoms with Crippen LogP contribution < -0.4 is 0 Å². The minimum Gasteiger partial charge on any atom is -0.462 e. The molecule has 0 saturated carbocycles. The summed E-state index contributed by atoms with van der Waals surface area (Å²) in [4.78, 5) is 12.6. The Balaban J connectivity index is 1.73. The lowest BCUT2D eigenvalue weighted by atomic mass is 9.96. The minimum atomic E-state index is -1.06. The molecule has 2 aromatic carbocycles. The first-order valence-electron chi connectivity index (χ1n) is 14.7. The van der Waals surface area contributed by atoms with Gasteiger partial charge in [-0.1, -0.05) is 99.7 Å². The van der Waals surface area contributed by atoms with Crippen LogP contribution in [0.1, 0.15) is 77.3 Å². The van der Waals surface area contributed by atoms with Gasteiger partial charge in [-0.3, -0.25) is 4.79 Å². The zero-order valence-electron chi connectivity index (χ0n) is 24.6. The largest absolute Gasteiger partial charge is 0.462 e. The number of benzene rings is 2. The molecule has 222 valence electrons. The highest BCUT2D eigenvalue weighted by atomic mass is 16.7. The Morgan fingerprint density at radius 3 is 1.93 bits per heavy atom. The summed E-state index contributed by atoms with van der Waals surface area (Å²) in [6.45, 7) is 8.59. The van der Waals surface area contributed by atoms with Crippen molar-refractivity contribution in [1.29, 1.82) is 0 Å². The molecule has 1 fully saturated rings. The third-order valence-electron chi connectivity index (χ3n) is 6.96. The van der Waals surface area contributed by atoms with Gasteiger partial charge in [0.2, 0.25) is 0 Å². The van der Waals surface area contributed by atoms with Crippen LogP contribution in [0, 0.1) is 5.41 Å². The first-order valence-corrected chi connectivity index (χ1v) is 14.7. The summed E-state index contributed by atoms with van der Waals surface area (Å²) in [6.07, 6.45) is 2.61. The van der Waals surface area contributed by atoms with Crippen molar-refractivity contribution >= 4 is 5.97 Å². The molecule has 2 aromatic rings. The summed E-state index contributed by atoms with van der Waals surface area (Å²) in [5.74, 6) is -0.348. The van der Waals surface area contributed by atoms with E-state index in [-0.39, 0.29) is 25.8 Å². The van der Waals surface area contributed by atoms with Crippen molar-refractivity contribution in [2.24, 2.45) is 5.41 Å². The molecule has 7 heteroatoms. The van der Waals surface area contributed by atoms with Gasteiger partial charge in [-0.2, -0.15) is 0 Å². The van der Waals surface area contributed by atoms with Gasteiger partial charge in [0.1, 0.15) is 31.0 Å². The average molecular weight is 557 g/mol. The van der Waals surface area contributed by atoms with Crippen LogP contribution in [0.3, 0.4) is 0 Å². The summed E-state index contributed by atoms with van der Waals surface area (Å²) in [6, 6.07) is 19.5. The number of hydrogen-bond donors (Lipinski definition) is 1. The van der Waals surface area contributed by atoms with Gasteiger partial charge in [0.05, 0.1) is 18.6 Å². The van der Waals surface area contributed by atoms with E-state index in [0.29, 0.717) is 6.61 Å². The molecular weight excluding hydrogens is 508 g/mol. The second-order valence-electron chi connectivity index (χ2n) is 11.5. The van der Waals surface area contributed by atoms with Crippen LogP contribution in [-0.4, -0.2) is 55.0 Å². The Kier molecular flexibility index (Phi) is 13.6. The van der Waals surface area contributed by atoms with Gasteiger partial charge in [0.15, 0.2) is 6.29 Å². The van der Waals surface area contributed by atoms with Crippen molar-refractivity contribution in [3.05, 3.63) is 71.8 Å². The molecule has 40 heavy (non-hydrogen) atoms. The highest BCUT2D eigenvalue weighted by molar-refractivity contribution is 5.75. The van der Waals surface area contributed by atoms with Gasteiger partial charge in [-0.25, -0.2) is 0 Å². The molecule has 1 aliphatic heterocycles. The van der Waals surface area contributed by atoms with E-state index < -0.39 is 36.1 Å². The molecule has 1 aliphatic rings. The van der Waals surface area contributed by atoms with Crippen LogP contribution in [0.2, 0.25) is 0 Å². The third-order valence-corrected chi connectivity index (χ3v) is 6.96. The van der Waals surface area contributed by atoms with E-state index in [1.54, 1.807) is 20.8 Å². The van der Waals surface area contributed by atoms with E-state index >= 15 is 0 Å². The monoisotopic (exact) mass is 556 g/mol. The Morgan fingerprint density at radius 1 is 0.800 bits per heavy atom. The summed E-state index contributed by atoms with van der Waals surface area (Å²) in [5, 5.41) is 11.6. The van der Waals surface area contributed by atoms with Crippen LogP contribution in [0.25, 0.3) is 0 Å². The van der Waals surface area contributed by atoms with Gasteiger partial charge < -0.3 is 28.8 Å². The maximum absolute atomic E-state index is 12.6. The number of carbonyl (C=O) groups is 1. The van der Waals surface area contributed by atoms with Crippen molar-refractivity contribution in [3.63, 3.8) is 0 Å². The molecule has 0 radical (unpaired) electrons. The Morgan fingerprint density at radius 2 is 1.35 bits per heavy atom. The molecule has 0 spiro atoms. The molecule has 0 amide bonds. The van der Waals surface area contributed by atoms with Gasteiger partial charge in [0.25, 0.3) is 0 Å². The van der Waals surface area contributed by atoms with Gasteiger partial charge in [-0.05, 0) is 38.3 Å². The number of aliphatic hydroxyl groups is 1. The first-order chi connectivity index (χ1) is 19.3. The SMILES string of the molecule is CCCCCCCCO[C@@H]1O[C@H](COC(=O)C(C)(C)C)[C@H](OCc2ccccc2)[C@H](O)[C@H]1OCc1ccccc1. The molecule has 5 atom stereocenters. The molecular formula is C33H48O7. The quantitative estimate of drug-likeness (QED) is 0.194. The van der Waals surface area contributed by atoms with Crippen molar-refractivity contribution in [3.8, 4) is 0 Å². The number of rotatable bonds is 16. The molecule has 1 heterocycles. The fourth-order valence-electron chi connectivity index (χ4n) is 4.54. The lowest BCUT2D eigenvalue weighted by Crippen LogP contribution is -2.61. The lowest BCUT2D eigenvalue weighted by Gasteiger charge is -2.44. The second kappa shape index (κ2) is 16.8. The van der Waals surface area contributed by atoms with Crippen LogP contribution in [-0.2, 0) is 41.7 Å². The summed E-state index contributed by atoms with van der Waals surface area (Å²) < 4.78 is 30.6. The van der Waals surface area contributed by atoms with E-state index in [2.05, 4.69) is 6.92 Å². The fourth-order valence-corrected chi connectivity index (χ4v) is 4.54. The van der Waals surface area contributed by atoms with Crippen molar-refractivity contribution in [1.82, 2.24) is 0 Å². The predicted octanol–water partition coefficient (Wildman–Crippen LogP) is 6.21. The highest BCUT2D eigenvalue weighted by Gasteiger charge is 2.48. The van der Waals surface area contributed by atoms with E-state index in [1.165, 1.54) is 25.7 Å². The number of aliphatic hydroxyl groups excluding tert-OH is 1. The molecule has 1 saturated heterocycles. The maximum Gasteiger partial charge on any atom is 0.311 e. The van der Waals surface area contributed by atoms with E-state index in [9.17, 15) is 9.90 Å². The smallest absolute Gasteiger partial charge is 0.311 e. The van der Waals surface area contributed by atoms with E-state index in [0.717, 1.165) is 24.0 Å². The fraction of sp³-hybridized carbons (Fsp3) is 0.606. The summed E-state index contributed by atoms with van der Waals surface area (Å²) in [5.41, 5.74) is 1.28. The van der Waals surface area contributed by atoms with E-state index in [1.807, 2.05) is 60.7 Å². The highest BCUT2D eigenvalue weighted by Crippen LogP contribution is 2.29. The summed E-state index contributed by atoms with van der Waals surface area (Å²) in [7, 11) is 0. The first kappa shape index (κ1) is 32.2. The van der Waals surface area contributed by atoms with Crippen molar-refractivity contribution in [2.45, 2.75) is 110 Å². The van der Waals surface area contributed by atoms with Gasteiger partial charge in [0, 0.05) is 6.61 Å². The van der Waals surface area contributed by atoms with Crippen LogP contribution in [0.5, 0.6) is 0 Å². The minimum absolute atomic E-state index is 0.0606. The zero-order valence-corrected chi connectivity index (χ0v) is 24.6. The van der Waals surface area contributed by atoms with Gasteiger partial charge >= 0.3 is 5.97 Å². The second-order valence-corrected chi connectivity index (χ2v) is 11.5. The molecule has 0 bridgehead atoms. The van der Waals surface area contributed by atoms with Gasteiger partial charge in [-0.15, -0.1) is 0 Å². The zero-order chi connectivity index (χ0) is 28.8. The summed E-state index contributed by atoms with van der Waals surface area (Å²) >= 11 is 0. The van der Waals surface area contributed by atoms with Crippen molar-refractivity contribution in [2.75, 3.05) is 13.2 Å². The van der Waals surface area contributed by atoms with Crippen LogP contribution in [0.15, 0.2) is 60.7 Å². The molecule has 0 aromatic heterocycles. The molecule has 7 nitrogen and oxygen atoms in total. The Labute approximate surface area is 240 Å². The lowest BCUT2D eigenvalue weighted by molar-refractivity contribution is -0.319. The molecule has 0 aliphatic carbocycles. The molecule has 0 unspecified atom stereocenters. The topological polar surface area (TPSA) is 83.5 Å². The van der Waals surface area contributed by atoms with Crippen LogP contribution in [0.4, 0.5) is 0 Å². The predicted molar refractivity (Wildman–Crippen MR) is 154 cm³/mol. The van der Waals surface area contributed by atoms with E-state index in [4.69, 9.17) is 23.7 Å². The van der Waals surface area contributed by atoms with Crippen LogP contribution >= 0.6 is 0 Å². The number of unbranched alkanes of at least 4 members (excludes halogenated alkanes) is 5. The number of esters is 1. The molecule has 3 rings (SSSR count). The number of ether oxygens (including phenoxy) is 5. The van der Waals surface area contributed by atoms with Crippen molar-refractivity contribution < 1.29 is 33.6 Å². The number of carbonyl (C=O) groups excluding carboxylic acids is 1. The standard InChI is InChI=1S/C33H48O7/c1-5-6-7-8-9-16-21-36-31-30(38-23-26-19-14-11-15-20-26)28(34)29(37-22-25-17-12-10-13-18-25)27(40-31)24-39-32(35)33(2,3)4/h10-15,17-20,27-31,34H,5-9,16,21-24H2,1-4H3/t27-,28+,29+,30-,31-/m1/s1. The Hall–Kier alpha value is -2.29. The normalized spacial score (nSPS) is 23.2. The average Bonchev–Trinajstić information content (AvgIpc) is 2.95. The number of hydrogen-bond acceptors (Lipinski definition) is 7. The molecule has 1 N–H and O–H groups in total.